The van der Waals surface area contributed by atoms with E-state index in [2.05, 4.69) is 5.32 Å². The van der Waals surface area contributed by atoms with Gasteiger partial charge in [-0.25, -0.2) is 4.79 Å². The van der Waals surface area contributed by atoms with Crippen molar-refractivity contribution in [3.8, 4) is 0 Å². The number of carbonyl (C=O) groups excluding carboxylic acids is 1. The van der Waals surface area contributed by atoms with E-state index in [-0.39, 0.29) is 18.0 Å². The van der Waals surface area contributed by atoms with Crippen molar-refractivity contribution in [2.45, 2.75) is 33.1 Å². The first-order valence-electron chi connectivity index (χ1n) is 6.53. The highest BCUT2D eigenvalue weighted by atomic mass is 19.4. The Hall–Kier alpha value is -1.93. The summed E-state index contributed by atoms with van der Waals surface area (Å²) >= 11 is 0. The van der Waals surface area contributed by atoms with Crippen LogP contribution in [0.2, 0.25) is 0 Å². The minimum atomic E-state index is -4.96. The Morgan fingerprint density at radius 1 is 0.913 bits per heavy atom. The maximum atomic E-state index is 12.7. The molecule has 2 amide bonds. The second-order valence-electron chi connectivity index (χ2n) is 6.16. The molecule has 130 valence electrons. The molecule has 1 aromatic carbocycles. The number of urea groups is 1. The lowest BCUT2D eigenvalue weighted by Gasteiger charge is -2.19. The quantitative estimate of drug-likeness (QED) is 0.738. The normalized spacial score (nSPS) is 12.9. The summed E-state index contributed by atoms with van der Waals surface area (Å²) in [4.78, 5) is 11.6. The monoisotopic (exact) mass is 342 g/mol. The number of rotatable bonds is 2. The Balaban J connectivity index is 3.04. The predicted molar refractivity (Wildman–Crippen MR) is 72.9 cm³/mol. The Bertz CT molecular complexity index is 540. The minimum absolute atomic E-state index is 0.00175. The Morgan fingerprint density at radius 3 is 1.70 bits per heavy atom. The highest BCUT2D eigenvalue weighted by molar-refractivity contribution is 5.89. The molecule has 0 saturated heterocycles. The Labute approximate surface area is 129 Å². The van der Waals surface area contributed by atoms with Crippen LogP contribution in [0.15, 0.2) is 18.2 Å². The molecule has 0 aromatic heterocycles. The van der Waals surface area contributed by atoms with Crippen LogP contribution in [0, 0.1) is 5.41 Å². The molecule has 0 bridgehead atoms. The largest absolute Gasteiger partial charge is 0.416 e. The van der Waals surface area contributed by atoms with Gasteiger partial charge in [0.1, 0.15) is 0 Å². The van der Waals surface area contributed by atoms with Crippen LogP contribution in [0.3, 0.4) is 0 Å². The third-order valence-corrected chi connectivity index (χ3v) is 2.62. The molecule has 9 heteroatoms. The summed E-state index contributed by atoms with van der Waals surface area (Å²) in [5.74, 6) is 0. The van der Waals surface area contributed by atoms with Gasteiger partial charge in [-0.05, 0) is 23.6 Å². The van der Waals surface area contributed by atoms with E-state index in [1.807, 2.05) is 5.32 Å². The fourth-order valence-corrected chi connectivity index (χ4v) is 1.55. The number of amides is 2. The molecule has 0 aliphatic carbocycles. The number of benzene rings is 1. The zero-order chi connectivity index (χ0) is 18.1. The van der Waals surface area contributed by atoms with Gasteiger partial charge in [-0.2, -0.15) is 26.3 Å². The van der Waals surface area contributed by atoms with E-state index in [4.69, 9.17) is 0 Å². The number of hydrogen-bond acceptors (Lipinski definition) is 1. The molecule has 0 atom stereocenters. The number of hydrogen-bond donors (Lipinski definition) is 2. The number of alkyl halides is 6. The van der Waals surface area contributed by atoms with Gasteiger partial charge >= 0.3 is 18.4 Å². The lowest BCUT2D eigenvalue weighted by atomic mass is 9.97. The molecule has 0 radical (unpaired) electrons. The minimum Gasteiger partial charge on any atom is -0.337 e. The van der Waals surface area contributed by atoms with Crippen molar-refractivity contribution in [2.24, 2.45) is 5.41 Å². The van der Waals surface area contributed by atoms with Crippen molar-refractivity contribution in [3.63, 3.8) is 0 Å². The molecular weight excluding hydrogens is 326 g/mol. The first-order chi connectivity index (χ1) is 10.2. The van der Waals surface area contributed by atoms with Crippen LogP contribution in [-0.2, 0) is 12.4 Å². The first kappa shape index (κ1) is 19.1. The van der Waals surface area contributed by atoms with Crippen LogP contribution in [0.25, 0.3) is 0 Å². The van der Waals surface area contributed by atoms with E-state index in [1.54, 1.807) is 20.8 Å². The molecule has 1 rings (SSSR count). The summed E-state index contributed by atoms with van der Waals surface area (Å²) in [5, 5.41) is 4.36. The van der Waals surface area contributed by atoms with E-state index in [9.17, 15) is 31.1 Å². The maximum Gasteiger partial charge on any atom is 0.416 e. The highest BCUT2D eigenvalue weighted by Crippen LogP contribution is 2.37. The fraction of sp³-hybridized carbons (Fsp3) is 0.500. The summed E-state index contributed by atoms with van der Waals surface area (Å²) < 4.78 is 76.1. The summed E-state index contributed by atoms with van der Waals surface area (Å²) in [7, 11) is 0. The van der Waals surface area contributed by atoms with Crippen LogP contribution >= 0.6 is 0 Å². The molecule has 1 aromatic rings. The van der Waals surface area contributed by atoms with Gasteiger partial charge in [-0.3, -0.25) is 0 Å². The molecule has 0 aliphatic rings. The van der Waals surface area contributed by atoms with Crippen molar-refractivity contribution in [1.29, 1.82) is 0 Å². The van der Waals surface area contributed by atoms with Crippen molar-refractivity contribution >= 4 is 11.7 Å². The third kappa shape index (κ3) is 6.37. The molecule has 0 saturated carbocycles. The van der Waals surface area contributed by atoms with E-state index in [0.29, 0.717) is 12.1 Å². The van der Waals surface area contributed by atoms with Gasteiger partial charge in [0, 0.05) is 12.2 Å². The molecular formula is C14H16F6N2O. The maximum absolute atomic E-state index is 12.7. The lowest BCUT2D eigenvalue weighted by molar-refractivity contribution is -0.143. The fourth-order valence-electron chi connectivity index (χ4n) is 1.55. The number of carbonyl (C=O) groups is 1. The topological polar surface area (TPSA) is 41.1 Å². The average Bonchev–Trinajstić information content (AvgIpc) is 2.33. The summed E-state index contributed by atoms with van der Waals surface area (Å²) in [6.45, 7) is 5.61. The van der Waals surface area contributed by atoms with Crippen LogP contribution < -0.4 is 10.6 Å². The number of nitrogens with one attached hydrogen (secondary N) is 2. The first-order valence-corrected chi connectivity index (χ1v) is 6.53. The van der Waals surface area contributed by atoms with E-state index in [0.717, 1.165) is 0 Å². The van der Waals surface area contributed by atoms with Gasteiger partial charge in [0.15, 0.2) is 0 Å². The predicted octanol–water partition coefficient (Wildman–Crippen LogP) is 4.89. The van der Waals surface area contributed by atoms with E-state index in [1.165, 1.54) is 0 Å². The highest BCUT2D eigenvalue weighted by Gasteiger charge is 2.37. The third-order valence-electron chi connectivity index (χ3n) is 2.62. The molecule has 0 heterocycles. The van der Waals surface area contributed by atoms with Gasteiger partial charge in [0.05, 0.1) is 11.1 Å². The lowest BCUT2D eigenvalue weighted by Crippen LogP contribution is -2.35. The Morgan fingerprint density at radius 2 is 1.35 bits per heavy atom. The SMILES string of the molecule is CC(C)(C)CNC(=O)Nc1cc(C(F)(F)F)cc(C(F)(F)F)c1. The van der Waals surface area contributed by atoms with Crippen molar-refractivity contribution in [3.05, 3.63) is 29.3 Å². The second kappa shape index (κ2) is 6.29. The number of anilines is 1. The van der Waals surface area contributed by atoms with Crippen molar-refractivity contribution < 1.29 is 31.1 Å². The van der Waals surface area contributed by atoms with Crippen LogP contribution in [0.4, 0.5) is 36.8 Å². The van der Waals surface area contributed by atoms with Crippen molar-refractivity contribution in [1.82, 2.24) is 5.32 Å². The van der Waals surface area contributed by atoms with Crippen LogP contribution in [0.5, 0.6) is 0 Å². The molecule has 0 aliphatic heterocycles. The van der Waals surface area contributed by atoms with Crippen LogP contribution in [-0.4, -0.2) is 12.6 Å². The molecule has 0 fully saturated rings. The molecule has 2 N–H and O–H groups in total. The zero-order valence-electron chi connectivity index (χ0n) is 12.6. The van der Waals surface area contributed by atoms with Gasteiger partial charge < -0.3 is 10.6 Å². The average molecular weight is 342 g/mol. The molecule has 0 spiro atoms. The van der Waals surface area contributed by atoms with Gasteiger partial charge in [0.25, 0.3) is 0 Å². The summed E-state index contributed by atoms with van der Waals surface area (Å²) in [6, 6.07) is 0.0168. The van der Waals surface area contributed by atoms with Crippen LogP contribution in [0.1, 0.15) is 31.9 Å². The Kier molecular flexibility index (Phi) is 5.23. The van der Waals surface area contributed by atoms with Crippen molar-refractivity contribution in [2.75, 3.05) is 11.9 Å². The number of halogens is 6. The summed E-state index contributed by atoms with van der Waals surface area (Å²) in [6.07, 6.45) is -9.92. The van der Waals surface area contributed by atoms with Gasteiger partial charge in [-0.1, -0.05) is 20.8 Å². The second-order valence-corrected chi connectivity index (χ2v) is 6.16. The summed E-state index contributed by atoms with van der Waals surface area (Å²) in [5.41, 5.74) is -3.85. The smallest absolute Gasteiger partial charge is 0.337 e. The standard InChI is InChI=1S/C14H16F6N2O/c1-12(2,3)7-21-11(23)22-10-5-8(13(15,16)17)4-9(6-10)14(18,19)20/h4-6H,7H2,1-3H3,(H2,21,22,23). The molecule has 23 heavy (non-hydrogen) atoms. The van der Waals surface area contributed by atoms with E-state index >= 15 is 0 Å². The molecule has 0 unspecified atom stereocenters. The van der Waals surface area contributed by atoms with Gasteiger partial charge in [0.2, 0.25) is 0 Å². The van der Waals surface area contributed by atoms with E-state index < -0.39 is 35.2 Å². The molecule has 3 nitrogen and oxygen atoms in total. The zero-order valence-corrected chi connectivity index (χ0v) is 12.6. The van der Waals surface area contributed by atoms with Gasteiger partial charge in [-0.15, -0.1) is 0 Å².